The van der Waals surface area contributed by atoms with Gasteiger partial charge in [-0.05, 0) is 39.8 Å². The second-order valence-electron chi connectivity index (χ2n) is 6.25. The SMILES string of the molecule is C[C@H](NC(=O)OC(C)(C)C)c1nc(-c2ccnc(C(F)(F)F)c2)no1. The molecule has 1 N–H and O–H groups in total. The molecule has 7 nitrogen and oxygen atoms in total. The van der Waals surface area contributed by atoms with Crippen molar-refractivity contribution in [2.75, 3.05) is 0 Å². The first kappa shape index (κ1) is 18.7. The number of halogens is 3. The average Bonchev–Trinajstić information content (AvgIpc) is 2.94. The molecule has 0 saturated carbocycles. The molecule has 0 aliphatic heterocycles. The maximum Gasteiger partial charge on any atom is 0.433 e. The minimum Gasteiger partial charge on any atom is -0.444 e. The fourth-order valence-corrected chi connectivity index (χ4v) is 1.80. The molecule has 0 aromatic carbocycles. The molecule has 2 rings (SSSR count). The van der Waals surface area contributed by atoms with Gasteiger partial charge in [0.15, 0.2) is 0 Å². The fourth-order valence-electron chi connectivity index (χ4n) is 1.80. The summed E-state index contributed by atoms with van der Waals surface area (Å²) in [4.78, 5) is 19.0. The number of aromatic nitrogens is 3. The van der Waals surface area contributed by atoms with E-state index >= 15 is 0 Å². The monoisotopic (exact) mass is 358 g/mol. The van der Waals surface area contributed by atoms with E-state index < -0.39 is 29.6 Å². The van der Waals surface area contributed by atoms with Crippen molar-refractivity contribution >= 4 is 6.09 Å². The first-order valence-electron chi connectivity index (χ1n) is 7.32. The summed E-state index contributed by atoms with van der Waals surface area (Å²) in [5.74, 6) is -0.00744. The highest BCUT2D eigenvalue weighted by molar-refractivity contribution is 5.68. The molecule has 0 spiro atoms. The minimum atomic E-state index is -4.58. The highest BCUT2D eigenvalue weighted by Gasteiger charge is 2.33. The number of nitrogens with one attached hydrogen (secondary N) is 1. The molecule has 0 aliphatic rings. The molecule has 0 aliphatic carbocycles. The molecule has 2 aromatic heterocycles. The van der Waals surface area contributed by atoms with Gasteiger partial charge in [0, 0.05) is 11.8 Å². The third-order valence-corrected chi connectivity index (χ3v) is 2.85. The number of ether oxygens (including phenoxy) is 1. The van der Waals surface area contributed by atoms with Gasteiger partial charge < -0.3 is 14.6 Å². The smallest absolute Gasteiger partial charge is 0.433 e. The number of pyridine rings is 1. The molecule has 25 heavy (non-hydrogen) atoms. The second kappa shape index (κ2) is 6.69. The van der Waals surface area contributed by atoms with E-state index in [1.165, 1.54) is 6.07 Å². The topological polar surface area (TPSA) is 90.1 Å². The van der Waals surface area contributed by atoms with Crippen LogP contribution >= 0.6 is 0 Å². The number of hydrogen-bond acceptors (Lipinski definition) is 6. The van der Waals surface area contributed by atoms with Crippen molar-refractivity contribution in [1.82, 2.24) is 20.4 Å². The molecule has 1 amide bonds. The van der Waals surface area contributed by atoms with Crippen LogP contribution in [0.4, 0.5) is 18.0 Å². The molecule has 0 fully saturated rings. The van der Waals surface area contributed by atoms with E-state index in [-0.39, 0.29) is 17.3 Å². The molecule has 0 unspecified atom stereocenters. The summed E-state index contributed by atoms with van der Waals surface area (Å²) in [6.07, 6.45) is -4.24. The van der Waals surface area contributed by atoms with Crippen LogP contribution in [0.5, 0.6) is 0 Å². The van der Waals surface area contributed by atoms with Crippen molar-refractivity contribution in [2.24, 2.45) is 0 Å². The lowest BCUT2D eigenvalue weighted by molar-refractivity contribution is -0.141. The number of rotatable bonds is 3. The molecular formula is C15H17F3N4O3. The van der Waals surface area contributed by atoms with Crippen LogP contribution < -0.4 is 5.32 Å². The zero-order valence-corrected chi connectivity index (χ0v) is 14.0. The van der Waals surface area contributed by atoms with Crippen molar-refractivity contribution in [2.45, 2.75) is 45.5 Å². The summed E-state index contributed by atoms with van der Waals surface area (Å²) in [5.41, 5.74) is -1.63. The van der Waals surface area contributed by atoms with Crippen LogP contribution in [0, 0.1) is 0 Å². The number of alkyl carbamates (subject to hydrolysis) is 1. The van der Waals surface area contributed by atoms with E-state index in [0.29, 0.717) is 0 Å². The van der Waals surface area contributed by atoms with Crippen LogP contribution in [0.3, 0.4) is 0 Å². The van der Waals surface area contributed by atoms with E-state index in [4.69, 9.17) is 9.26 Å². The summed E-state index contributed by atoms with van der Waals surface area (Å²) in [6, 6.07) is 1.47. The van der Waals surface area contributed by atoms with E-state index in [0.717, 1.165) is 12.3 Å². The first-order chi connectivity index (χ1) is 11.5. The van der Waals surface area contributed by atoms with Crippen molar-refractivity contribution in [1.29, 1.82) is 0 Å². The van der Waals surface area contributed by atoms with Gasteiger partial charge in [0.05, 0.1) is 0 Å². The van der Waals surface area contributed by atoms with Gasteiger partial charge in [0.25, 0.3) is 0 Å². The number of carbonyl (C=O) groups is 1. The molecule has 1 atom stereocenters. The third kappa shape index (κ3) is 5.16. The standard InChI is InChI=1S/C15H17F3N4O3/c1-8(20-13(23)24-14(2,3)4)12-21-11(22-25-12)9-5-6-19-10(7-9)15(16,17)18/h5-8H,1-4H3,(H,20,23)/t8-/m0/s1. The maximum absolute atomic E-state index is 12.7. The van der Waals surface area contributed by atoms with Crippen LogP contribution in [0.1, 0.15) is 45.3 Å². The van der Waals surface area contributed by atoms with Gasteiger partial charge in [-0.2, -0.15) is 18.2 Å². The molecule has 0 saturated heterocycles. The molecular weight excluding hydrogens is 341 g/mol. The highest BCUT2D eigenvalue weighted by atomic mass is 19.4. The van der Waals surface area contributed by atoms with Gasteiger partial charge in [-0.3, -0.25) is 4.98 Å². The number of amides is 1. The molecule has 2 heterocycles. The van der Waals surface area contributed by atoms with Crippen LogP contribution in [-0.2, 0) is 10.9 Å². The Balaban J connectivity index is 2.13. The molecule has 2 aromatic rings. The van der Waals surface area contributed by atoms with Crippen molar-refractivity contribution in [3.8, 4) is 11.4 Å². The summed E-state index contributed by atoms with van der Waals surface area (Å²) < 4.78 is 48.2. The van der Waals surface area contributed by atoms with Gasteiger partial charge in [-0.25, -0.2) is 4.79 Å². The van der Waals surface area contributed by atoms with Gasteiger partial charge in [0.2, 0.25) is 11.7 Å². The quantitative estimate of drug-likeness (QED) is 0.899. The predicted molar refractivity (Wildman–Crippen MR) is 80.3 cm³/mol. The van der Waals surface area contributed by atoms with Crippen LogP contribution in [0.25, 0.3) is 11.4 Å². The Labute approximate surface area is 141 Å². The molecule has 136 valence electrons. The zero-order chi connectivity index (χ0) is 18.8. The summed E-state index contributed by atoms with van der Waals surface area (Å²) in [5, 5.41) is 6.14. The maximum atomic E-state index is 12.7. The Hall–Kier alpha value is -2.65. The van der Waals surface area contributed by atoms with E-state index in [2.05, 4.69) is 20.4 Å². The van der Waals surface area contributed by atoms with Gasteiger partial charge in [-0.1, -0.05) is 5.16 Å². The lowest BCUT2D eigenvalue weighted by atomic mass is 10.2. The van der Waals surface area contributed by atoms with E-state index in [9.17, 15) is 18.0 Å². The summed E-state index contributed by atoms with van der Waals surface area (Å²) in [7, 11) is 0. The second-order valence-corrected chi connectivity index (χ2v) is 6.25. The Morgan fingerprint density at radius 3 is 2.60 bits per heavy atom. The van der Waals surface area contributed by atoms with Crippen molar-refractivity contribution < 1.29 is 27.2 Å². The Morgan fingerprint density at radius 1 is 1.32 bits per heavy atom. The van der Waals surface area contributed by atoms with Crippen molar-refractivity contribution in [3.63, 3.8) is 0 Å². The van der Waals surface area contributed by atoms with Crippen LogP contribution in [0.2, 0.25) is 0 Å². The van der Waals surface area contributed by atoms with Crippen LogP contribution in [0.15, 0.2) is 22.9 Å². The first-order valence-corrected chi connectivity index (χ1v) is 7.32. The Bertz CT molecular complexity index is 753. The average molecular weight is 358 g/mol. The number of carbonyl (C=O) groups excluding carboxylic acids is 1. The number of hydrogen-bond donors (Lipinski definition) is 1. The Morgan fingerprint density at radius 2 is 2.00 bits per heavy atom. The lowest BCUT2D eigenvalue weighted by Gasteiger charge is -2.20. The zero-order valence-electron chi connectivity index (χ0n) is 14.0. The molecule has 0 bridgehead atoms. The van der Waals surface area contributed by atoms with Gasteiger partial charge in [-0.15, -0.1) is 0 Å². The van der Waals surface area contributed by atoms with E-state index in [1.807, 2.05) is 0 Å². The number of nitrogens with zero attached hydrogens (tertiary/aromatic N) is 3. The van der Waals surface area contributed by atoms with E-state index in [1.54, 1.807) is 27.7 Å². The van der Waals surface area contributed by atoms with Crippen molar-refractivity contribution in [3.05, 3.63) is 29.9 Å². The highest BCUT2D eigenvalue weighted by Crippen LogP contribution is 2.30. The Kier molecular flexibility index (Phi) is 5.00. The van der Waals surface area contributed by atoms with Gasteiger partial charge in [0.1, 0.15) is 17.3 Å². The molecule has 0 radical (unpaired) electrons. The van der Waals surface area contributed by atoms with Crippen LogP contribution in [-0.4, -0.2) is 26.8 Å². The largest absolute Gasteiger partial charge is 0.444 e. The summed E-state index contributed by atoms with van der Waals surface area (Å²) >= 11 is 0. The molecule has 10 heteroatoms. The normalized spacial score (nSPS) is 13.4. The minimum absolute atomic E-state index is 0.0335. The predicted octanol–water partition coefficient (Wildman–Crippen LogP) is 3.74. The van der Waals surface area contributed by atoms with Gasteiger partial charge >= 0.3 is 12.3 Å². The lowest BCUT2D eigenvalue weighted by Crippen LogP contribution is -2.34. The number of alkyl halides is 3. The third-order valence-electron chi connectivity index (χ3n) is 2.85. The summed E-state index contributed by atoms with van der Waals surface area (Å²) in [6.45, 7) is 6.71. The fraction of sp³-hybridized carbons (Fsp3) is 0.467.